The van der Waals surface area contributed by atoms with E-state index in [1.165, 1.54) is 12.0 Å². The third kappa shape index (κ3) is 6.47. The van der Waals surface area contributed by atoms with Gasteiger partial charge < -0.3 is 10.1 Å². The zero-order chi connectivity index (χ0) is 16.7. The van der Waals surface area contributed by atoms with Crippen molar-refractivity contribution < 1.29 is 14.3 Å². The van der Waals surface area contributed by atoms with Crippen LogP contribution in [-0.4, -0.2) is 68.1 Å². The number of hydrogen-bond acceptors (Lipinski definition) is 6. The van der Waals surface area contributed by atoms with Gasteiger partial charge in [0.15, 0.2) is 0 Å². The van der Waals surface area contributed by atoms with E-state index >= 15 is 0 Å². The van der Waals surface area contributed by atoms with Crippen LogP contribution in [0.4, 0.5) is 0 Å². The van der Waals surface area contributed by atoms with Crippen molar-refractivity contribution in [2.45, 2.75) is 13.0 Å². The predicted molar refractivity (Wildman–Crippen MR) is 90.7 cm³/mol. The second kappa shape index (κ2) is 9.22. The fraction of sp³-hybridized carbons (Fsp3) is 0.600. The maximum Gasteiger partial charge on any atom is 0.307 e. The minimum absolute atomic E-state index is 0.0487. The summed E-state index contributed by atoms with van der Waals surface area (Å²) in [5, 5.41) is 2.74. The lowest BCUT2D eigenvalue weighted by Crippen LogP contribution is -2.49. The molecule has 128 valence electrons. The first-order valence-electron chi connectivity index (χ1n) is 7.59. The van der Waals surface area contributed by atoms with Crippen LogP contribution in [-0.2, 0) is 20.9 Å². The summed E-state index contributed by atoms with van der Waals surface area (Å²) >= 11 is 7.56. The van der Waals surface area contributed by atoms with Crippen LogP contribution in [0, 0.1) is 0 Å². The van der Waals surface area contributed by atoms with E-state index in [0.29, 0.717) is 13.1 Å². The Hall–Kier alpha value is -1.15. The van der Waals surface area contributed by atoms with E-state index < -0.39 is 0 Å². The van der Waals surface area contributed by atoms with Crippen molar-refractivity contribution in [1.29, 1.82) is 0 Å². The SMILES string of the molecule is COC(=O)CCNC(=O)CN1CCN(Cc2ccc(Cl)s2)CC1. The lowest BCUT2D eigenvalue weighted by Gasteiger charge is -2.34. The number of carbonyl (C=O) groups is 2. The van der Waals surface area contributed by atoms with Crippen LogP contribution >= 0.6 is 22.9 Å². The number of nitrogens with one attached hydrogen (secondary N) is 1. The van der Waals surface area contributed by atoms with E-state index in [1.54, 1.807) is 11.3 Å². The van der Waals surface area contributed by atoms with Gasteiger partial charge >= 0.3 is 5.97 Å². The second-order valence-corrected chi connectivity index (χ2v) is 7.23. The zero-order valence-electron chi connectivity index (χ0n) is 13.2. The van der Waals surface area contributed by atoms with Gasteiger partial charge in [-0.05, 0) is 12.1 Å². The van der Waals surface area contributed by atoms with Gasteiger partial charge in [0, 0.05) is 44.1 Å². The van der Waals surface area contributed by atoms with E-state index in [0.717, 1.165) is 37.1 Å². The molecule has 1 N–H and O–H groups in total. The van der Waals surface area contributed by atoms with Gasteiger partial charge in [-0.2, -0.15) is 0 Å². The molecule has 1 fully saturated rings. The lowest BCUT2D eigenvalue weighted by molar-refractivity contribution is -0.140. The van der Waals surface area contributed by atoms with Gasteiger partial charge in [0.25, 0.3) is 0 Å². The highest BCUT2D eigenvalue weighted by Crippen LogP contribution is 2.23. The normalized spacial score (nSPS) is 16.3. The molecule has 0 bridgehead atoms. The molecule has 0 aromatic carbocycles. The molecule has 1 aromatic heterocycles. The molecule has 6 nitrogen and oxygen atoms in total. The summed E-state index contributed by atoms with van der Waals surface area (Å²) in [6.07, 6.45) is 0.208. The first-order valence-corrected chi connectivity index (χ1v) is 8.78. The first kappa shape index (κ1) is 18.2. The van der Waals surface area contributed by atoms with Crippen LogP contribution in [0.3, 0.4) is 0 Å². The van der Waals surface area contributed by atoms with Gasteiger partial charge in [0.2, 0.25) is 5.91 Å². The van der Waals surface area contributed by atoms with Crippen molar-refractivity contribution in [3.63, 3.8) is 0 Å². The Morgan fingerprint density at radius 1 is 1.26 bits per heavy atom. The molecule has 8 heteroatoms. The van der Waals surface area contributed by atoms with Crippen molar-refractivity contribution in [3.8, 4) is 0 Å². The molecular formula is C15H22ClN3O3S. The molecular weight excluding hydrogens is 338 g/mol. The summed E-state index contributed by atoms with van der Waals surface area (Å²) in [4.78, 5) is 28.6. The fourth-order valence-electron chi connectivity index (χ4n) is 2.43. The number of nitrogens with zero attached hydrogens (tertiary/aromatic N) is 2. The number of thiophene rings is 1. The topological polar surface area (TPSA) is 61.9 Å². The molecule has 1 aliphatic heterocycles. The molecule has 0 atom stereocenters. The van der Waals surface area contributed by atoms with Crippen molar-refractivity contribution in [3.05, 3.63) is 21.3 Å². The smallest absolute Gasteiger partial charge is 0.307 e. The number of amides is 1. The van der Waals surface area contributed by atoms with Crippen molar-refractivity contribution in [2.75, 3.05) is 46.4 Å². The Kier molecular flexibility index (Phi) is 7.29. The summed E-state index contributed by atoms with van der Waals surface area (Å²) < 4.78 is 5.35. The third-order valence-electron chi connectivity index (χ3n) is 3.72. The summed E-state index contributed by atoms with van der Waals surface area (Å²) in [7, 11) is 1.34. The predicted octanol–water partition coefficient (Wildman–Crippen LogP) is 1.20. The molecule has 2 rings (SSSR count). The van der Waals surface area contributed by atoms with Gasteiger partial charge in [-0.3, -0.25) is 19.4 Å². The van der Waals surface area contributed by atoms with Crippen LogP contribution in [0.1, 0.15) is 11.3 Å². The monoisotopic (exact) mass is 359 g/mol. The quantitative estimate of drug-likeness (QED) is 0.741. The van der Waals surface area contributed by atoms with Crippen LogP contribution in [0.2, 0.25) is 4.34 Å². The average Bonchev–Trinajstić information content (AvgIpc) is 2.94. The Bertz CT molecular complexity index is 530. The lowest BCUT2D eigenvalue weighted by atomic mass is 10.3. The first-order chi connectivity index (χ1) is 11.1. The number of carbonyl (C=O) groups excluding carboxylic acids is 2. The van der Waals surface area contributed by atoms with Crippen molar-refractivity contribution in [1.82, 2.24) is 15.1 Å². The van der Waals surface area contributed by atoms with Crippen LogP contribution in [0.25, 0.3) is 0 Å². The Labute approximate surface area is 145 Å². The van der Waals surface area contributed by atoms with Crippen molar-refractivity contribution >= 4 is 34.8 Å². The van der Waals surface area contributed by atoms with E-state index in [-0.39, 0.29) is 18.3 Å². The number of rotatable bonds is 7. The summed E-state index contributed by atoms with van der Waals surface area (Å²) in [6, 6.07) is 3.99. The third-order valence-corrected chi connectivity index (χ3v) is 4.94. The van der Waals surface area contributed by atoms with Crippen LogP contribution in [0.5, 0.6) is 0 Å². The van der Waals surface area contributed by atoms with E-state index in [4.69, 9.17) is 11.6 Å². The highest BCUT2D eigenvalue weighted by molar-refractivity contribution is 7.16. The summed E-state index contributed by atoms with van der Waals surface area (Å²) in [5.41, 5.74) is 0. The van der Waals surface area contributed by atoms with Crippen molar-refractivity contribution in [2.24, 2.45) is 0 Å². The van der Waals surface area contributed by atoms with Gasteiger partial charge in [-0.25, -0.2) is 0 Å². The number of hydrogen-bond donors (Lipinski definition) is 1. The number of ether oxygens (including phenoxy) is 1. The molecule has 1 saturated heterocycles. The Balaban J connectivity index is 1.62. The standard InChI is InChI=1S/C15H22ClN3O3S/c1-22-15(21)4-5-17-14(20)11-19-8-6-18(7-9-19)10-12-2-3-13(16)23-12/h2-3H,4-11H2,1H3,(H,17,20). The van der Waals surface area contributed by atoms with Crippen LogP contribution < -0.4 is 5.32 Å². The highest BCUT2D eigenvalue weighted by atomic mass is 35.5. The molecule has 2 heterocycles. The van der Waals surface area contributed by atoms with Gasteiger partial charge in [0.05, 0.1) is 24.4 Å². The minimum Gasteiger partial charge on any atom is -0.469 e. The fourth-order valence-corrected chi connectivity index (χ4v) is 3.56. The summed E-state index contributed by atoms with van der Waals surface area (Å²) in [6.45, 7) is 5.21. The van der Waals surface area contributed by atoms with E-state index in [1.807, 2.05) is 6.07 Å². The zero-order valence-corrected chi connectivity index (χ0v) is 14.8. The van der Waals surface area contributed by atoms with E-state index in [2.05, 4.69) is 25.9 Å². The largest absolute Gasteiger partial charge is 0.469 e. The molecule has 23 heavy (non-hydrogen) atoms. The number of halogens is 1. The molecule has 1 aromatic rings. The average molecular weight is 360 g/mol. The molecule has 0 unspecified atom stereocenters. The molecule has 1 aliphatic rings. The maximum absolute atomic E-state index is 11.8. The van der Waals surface area contributed by atoms with Gasteiger partial charge in [-0.1, -0.05) is 11.6 Å². The second-order valence-electron chi connectivity index (χ2n) is 5.43. The highest BCUT2D eigenvalue weighted by Gasteiger charge is 2.19. The maximum atomic E-state index is 11.8. The molecule has 0 aliphatic carbocycles. The van der Waals surface area contributed by atoms with Crippen LogP contribution in [0.15, 0.2) is 12.1 Å². The van der Waals surface area contributed by atoms with Gasteiger partial charge in [0.1, 0.15) is 0 Å². The molecule has 0 spiro atoms. The Morgan fingerprint density at radius 3 is 2.57 bits per heavy atom. The molecule has 1 amide bonds. The Morgan fingerprint density at radius 2 is 1.96 bits per heavy atom. The number of esters is 1. The van der Waals surface area contributed by atoms with E-state index in [9.17, 15) is 9.59 Å². The van der Waals surface area contributed by atoms with Gasteiger partial charge in [-0.15, -0.1) is 11.3 Å². The molecule has 0 saturated carbocycles. The minimum atomic E-state index is -0.312. The summed E-state index contributed by atoms with van der Waals surface area (Å²) in [5.74, 6) is -0.361. The number of methoxy groups -OCH3 is 1. The molecule has 0 radical (unpaired) electrons. The number of piperazine rings is 1.